The Balaban J connectivity index is 1.46. The lowest BCUT2D eigenvalue weighted by atomic mass is 9.65. The maximum absolute atomic E-state index is 2.56. The van der Waals surface area contributed by atoms with Crippen molar-refractivity contribution in [3.05, 3.63) is 137 Å². The van der Waals surface area contributed by atoms with E-state index in [0.717, 1.165) is 0 Å². The minimum atomic E-state index is -0.193. The quantitative estimate of drug-likeness (QED) is 0.198. The van der Waals surface area contributed by atoms with Gasteiger partial charge in [-0.15, -0.1) is 0 Å². The summed E-state index contributed by atoms with van der Waals surface area (Å²) in [6.07, 6.45) is 0. The molecule has 1 nitrogen and oxygen atoms in total. The Morgan fingerprint density at radius 2 is 0.844 bits per heavy atom. The summed E-state index contributed by atoms with van der Waals surface area (Å²) in [6, 6.07) is 39.5. The molecule has 0 unspecified atom stereocenters. The lowest BCUT2D eigenvalue weighted by molar-refractivity contribution is 0.590. The molecule has 2 heterocycles. The van der Waals surface area contributed by atoms with Crippen LogP contribution in [0.3, 0.4) is 0 Å². The fraction of sp³-hybridized carbons (Fsp3) is 0.318. The molecule has 5 aromatic carbocycles. The van der Waals surface area contributed by atoms with Gasteiger partial charge in [0.2, 0.25) is 0 Å². The van der Waals surface area contributed by atoms with Gasteiger partial charge in [0, 0.05) is 10.8 Å². The molecule has 7 rings (SSSR count). The van der Waals surface area contributed by atoms with Crippen LogP contribution >= 0.6 is 0 Å². The monoisotopic (exact) mass is 589 g/mol. The zero-order valence-electron chi connectivity index (χ0n) is 28.8. The topological polar surface area (TPSA) is 3.24 Å². The average Bonchev–Trinajstić information content (AvgIpc) is 3.00. The number of nitrogens with zero attached hydrogens (tertiary/aromatic N) is 1. The molecular formula is C44H47N. The average molecular weight is 590 g/mol. The Hall–Kier alpha value is -4.10. The number of fused-ring (bicyclic) bond motifs is 4. The van der Waals surface area contributed by atoms with Crippen LogP contribution in [0.15, 0.2) is 103 Å². The highest BCUT2D eigenvalue weighted by Crippen LogP contribution is 2.61. The molecule has 0 bridgehead atoms. The third-order valence-electron chi connectivity index (χ3n) is 10.6. The third-order valence-corrected chi connectivity index (χ3v) is 10.6. The van der Waals surface area contributed by atoms with E-state index in [1.54, 1.807) is 0 Å². The van der Waals surface area contributed by atoms with Crippen molar-refractivity contribution in [2.45, 2.75) is 90.9 Å². The Labute approximate surface area is 271 Å². The van der Waals surface area contributed by atoms with Gasteiger partial charge in [0.15, 0.2) is 0 Å². The highest BCUT2D eigenvalue weighted by atomic mass is 15.2. The summed E-state index contributed by atoms with van der Waals surface area (Å²) < 4.78 is 0. The molecule has 0 saturated carbocycles. The van der Waals surface area contributed by atoms with Crippen LogP contribution < -0.4 is 4.90 Å². The molecule has 0 aliphatic carbocycles. The molecule has 1 heteroatoms. The molecule has 0 aromatic heterocycles. The van der Waals surface area contributed by atoms with Gasteiger partial charge in [0.25, 0.3) is 0 Å². The molecule has 0 N–H and O–H groups in total. The van der Waals surface area contributed by atoms with Crippen LogP contribution in [0.25, 0.3) is 22.3 Å². The van der Waals surface area contributed by atoms with Crippen molar-refractivity contribution in [3.8, 4) is 22.3 Å². The molecule has 0 saturated heterocycles. The number of para-hydroxylation sites is 1. The van der Waals surface area contributed by atoms with Crippen molar-refractivity contribution in [2.24, 2.45) is 0 Å². The lowest BCUT2D eigenvalue weighted by Gasteiger charge is -2.50. The van der Waals surface area contributed by atoms with E-state index in [-0.39, 0.29) is 21.7 Å². The molecule has 2 aliphatic rings. The highest BCUT2D eigenvalue weighted by molar-refractivity contribution is 5.95. The number of anilines is 3. The van der Waals surface area contributed by atoms with Crippen LogP contribution in [0.4, 0.5) is 17.1 Å². The smallest absolute Gasteiger partial charge is 0.0544 e. The summed E-state index contributed by atoms with van der Waals surface area (Å²) >= 11 is 0. The number of benzene rings is 5. The maximum atomic E-state index is 2.56. The predicted octanol–water partition coefficient (Wildman–Crippen LogP) is 12.4. The molecule has 228 valence electrons. The van der Waals surface area contributed by atoms with Crippen LogP contribution in [-0.4, -0.2) is 0 Å². The second-order valence-corrected chi connectivity index (χ2v) is 16.4. The van der Waals surface area contributed by atoms with Gasteiger partial charge < -0.3 is 4.90 Å². The second kappa shape index (κ2) is 9.70. The van der Waals surface area contributed by atoms with Crippen LogP contribution in [0.2, 0.25) is 0 Å². The van der Waals surface area contributed by atoms with Gasteiger partial charge >= 0.3 is 0 Å². The van der Waals surface area contributed by atoms with Crippen molar-refractivity contribution >= 4 is 17.1 Å². The van der Waals surface area contributed by atoms with Gasteiger partial charge in [0.05, 0.1) is 17.1 Å². The Kier molecular flexibility index (Phi) is 6.38. The Bertz CT molecular complexity index is 1940. The first kappa shape index (κ1) is 29.6. The van der Waals surface area contributed by atoms with Gasteiger partial charge in [0.1, 0.15) is 0 Å². The van der Waals surface area contributed by atoms with Gasteiger partial charge in [-0.25, -0.2) is 0 Å². The van der Waals surface area contributed by atoms with Crippen molar-refractivity contribution < 1.29 is 0 Å². The number of hydrogen-bond acceptors (Lipinski definition) is 1. The lowest BCUT2D eigenvalue weighted by Crippen LogP contribution is -2.38. The van der Waals surface area contributed by atoms with E-state index in [1.165, 1.54) is 72.7 Å². The fourth-order valence-electron chi connectivity index (χ4n) is 7.59. The van der Waals surface area contributed by atoms with E-state index in [9.17, 15) is 0 Å². The summed E-state index contributed by atoms with van der Waals surface area (Å²) in [5.74, 6) is 0. The summed E-state index contributed by atoms with van der Waals surface area (Å²) in [4.78, 5) is 2.56. The van der Waals surface area contributed by atoms with E-state index >= 15 is 0 Å². The first-order valence-corrected chi connectivity index (χ1v) is 16.5. The van der Waals surface area contributed by atoms with Crippen LogP contribution in [0, 0.1) is 0 Å². The minimum absolute atomic E-state index is 0.128. The molecule has 45 heavy (non-hydrogen) atoms. The van der Waals surface area contributed by atoms with E-state index in [1.807, 2.05) is 0 Å². The summed E-state index contributed by atoms with van der Waals surface area (Å²) in [6.45, 7) is 23.3. The van der Waals surface area contributed by atoms with Crippen molar-refractivity contribution in [3.63, 3.8) is 0 Å². The summed E-state index contributed by atoms with van der Waals surface area (Å²) in [5.41, 5.74) is 17.2. The van der Waals surface area contributed by atoms with Crippen LogP contribution in [0.5, 0.6) is 0 Å². The predicted molar refractivity (Wildman–Crippen MR) is 194 cm³/mol. The van der Waals surface area contributed by atoms with Gasteiger partial charge in [-0.05, 0) is 96.8 Å². The van der Waals surface area contributed by atoms with Crippen molar-refractivity contribution in [2.75, 3.05) is 4.90 Å². The van der Waals surface area contributed by atoms with E-state index in [4.69, 9.17) is 0 Å². The van der Waals surface area contributed by atoms with E-state index in [2.05, 4.69) is 177 Å². The highest BCUT2D eigenvalue weighted by Gasteiger charge is 2.45. The maximum Gasteiger partial charge on any atom is 0.0544 e. The zero-order chi connectivity index (χ0) is 32.1. The largest absolute Gasteiger partial charge is 0.309 e. The SMILES string of the molecule is CC(C)(C)c1ccc(-c2ccc3c(c2)C(C)(C)c2cc(-c4ccc(C(C)(C)C)cc4)cc4c2N3c2ccccc2C4(C)C)cc1. The number of hydrogen-bond donors (Lipinski definition) is 0. The molecule has 0 atom stereocenters. The minimum Gasteiger partial charge on any atom is -0.309 e. The van der Waals surface area contributed by atoms with E-state index in [0.29, 0.717) is 0 Å². The molecule has 0 radical (unpaired) electrons. The van der Waals surface area contributed by atoms with Crippen LogP contribution in [-0.2, 0) is 21.7 Å². The second-order valence-electron chi connectivity index (χ2n) is 16.4. The van der Waals surface area contributed by atoms with Crippen molar-refractivity contribution in [1.29, 1.82) is 0 Å². The normalized spacial score (nSPS) is 16.1. The molecule has 2 aliphatic heterocycles. The molecular weight excluding hydrogens is 542 g/mol. The van der Waals surface area contributed by atoms with Gasteiger partial charge in [-0.2, -0.15) is 0 Å². The first-order valence-electron chi connectivity index (χ1n) is 16.5. The molecule has 0 amide bonds. The van der Waals surface area contributed by atoms with E-state index < -0.39 is 0 Å². The van der Waals surface area contributed by atoms with Gasteiger partial charge in [-0.3, -0.25) is 0 Å². The molecule has 5 aromatic rings. The zero-order valence-corrected chi connectivity index (χ0v) is 28.8. The fourth-order valence-corrected chi connectivity index (χ4v) is 7.59. The standard InChI is InChI=1S/C44H47N/c1-41(2,3)32-20-15-28(16-21-32)30-19-24-39-35(25-30)44(9,10)37-27-31(29-17-22-33(23-18-29)42(4,5)6)26-36-40(37)45(39)38-14-12-11-13-34(38)43(36,7)8/h11-27H,1-10H3. The van der Waals surface area contributed by atoms with Crippen LogP contribution in [0.1, 0.15) is 103 Å². The first-order chi connectivity index (χ1) is 21.1. The summed E-state index contributed by atoms with van der Waals surface area (Å²) in [7, 11) is 0. The number of rotatable bonds is 2. The summed E-state index contributed by atoms with van der Waals surface area (Å²) in [5, 5.41) is 0. The third kappa shape index (κ3) is 4.58. The Morgan fingerprint density at radius 3 is 1.38 bits per heavy atom. The van der Waals surface area contributed by atoms with Crippen molar-refractivity contribution in [1.82, 2.24) is 0 Å². The molecule has 0 fully saturated rings. The Morgan fingerprint density at radius 1 is 0.422 bits per heavy atom. The van der Waals surface area contributed by atoms with Gasteiger partial charge in [-0.1, -0.05) is 142 Å². The molecule has 0 spiro atoms.